The van der Waals surface area contributed by atoms with Crippen molar-refractivity contribution in [2.45, 2.75) is 58.8 Å². The molecule has 0 saturated heterocycles. The van der Waals surface area contributed by atoms with E-state index in [0.29, 0.717) is 23.8 Å². The molecule has 1 aliphatic carbocycles. The highest BCUT2D eigenvalue weighted by molar-refractivity contribution is 7.86. The predicted octanol–water partition coefficient (Wildman–Crippen LogP) is 5.28. The second-order valence-corrected chi connectivity index (χ2v) is 12.0. The normalized spacial score (nSPS) is 19.2. The van der Waals surface area contributed by atoms with Crippen LogP contribution < -0.4 is 4.74 Å². The zero-order chi connectivity index (χ0) is 26.8. The van der Waals surface area contributed by atoms with Gasteiger partial charge in [0.1, 0.15) is 23.0 Å². The van der Waals surface area contributed by atoms with Gasteiger partial charge in [-0.1, -0.05) is 70.5 Å². The summed E-state index contributed by atoms with van der Waals surface area (Å²) in [5.41, 5.74) is -0.334. The van der Waals surface area contributed by atoms with Crippen molar-refractivity contribution < 1.29 is 27.0 Å². The highest BCUT2D eigenvalue weighted by Gasteiger charge is 2.68. The van der Waals surface area contributed by atoms with Crippen molar-refractivity contribution in [1.82, 2.24) is 0 Å². The van der Waals surface area contributed by atoms with E-state index in [0.717, 1.165) is 12.8 Å². The predicted molar refractivity (Wildman–Crippen MR) is 134 cm³/mol. The highest BCUT2D eigenvalue weighted by Crippen LogP contribution is 2.68. The first-order valence-corrected chi connectivity index (χ1v) is 13.0. The van der Waals surface area contributed by atoms with Crippen LogP contribution in [0.15, 0.2) is 58.6 Å². The Hall–Kier alpha value is -3.51. The standard InChI is InChI=1S/C27H30N2O6S/c1-6-25(2,3)17-27(18-26(27,4)5)24(31)34-21-11-13-22(14-12-21)36(32,33)35-29-23(15-28)20-9-7-19(16-30)8-10-20/h7-14,16H,6,17-18H2,1-5H3. The molecule has 3 rings (SSSR count). The molecule has 2 aromatic rings. The number of carbonyl (C=O) groups excluding carboxylic acids is 2. The van der Waals surface area contributed by atoms with E-state index >= 15 is 0 Å². The third kappa shape index (κ3) is 5.65. The van der Waals surface area contributed by atoms with Crippen molar-refractivity contribution in [2.75, 3.05) is 0 Å². The molecule has 1 fully saturated rings. The smallest absolute Gasteiger partial charge is 0.358 e. The fraction of sp³-hybridized carbons (Fsp3) is 0.407. The maximum Gasteiger partial charge on any atom is 0.358 e. The van der Waals surface area contributed by atoms with Crippen LogP contribution in [-0.4, -0.2) is 26.4 Å². The first-order valence-electron chi connectivity index (χ1n) is 11.6. The lowest BCUT2D eigenvalue weighted by Crippen LogP contribution is -2.31. The second kappa shape index (κ2) is 9.86. The Balaban J connectivity index is 1.72. The van der Waals surface area contributed by atoms with Crippen LogP contribution in [0.25, 0.3) is 0 Å². The van der Waals surface area contributed by atoms with Crippen LogP contribution in [0.4, 0.5) is 0 Å². The Kier molecular flexibility index (Phi) is 7.42. The number of oxime groups is 1. The zero-order valence-corrected chi connectivity index (χ0v) is 21.9. The summed E-state index contributed by atoms with van der Waals surface area (Å²) in [6.07, 6.45) is 3.02. The molecule has 1 aliphatic rings. The Morgan fingerprint density at radius 2 is 1.72 bits per heavy atom. The fourth-order valence-electron chi connectivity index (χ4n) is 4.24. The third-order valence-electron chi connectivity index (χ3n) is 7.02. The van der Waals surface area contributed by atoms with Gasteiger partial charge in [0.2, 0.25) is 0 Å². The minimum Gasteiger partial charge on any atom is -0.426 e. The number of nitriles is 1. The van der Waals surface area contributed by atoms with Crippen LogP contribution in [0.2, 0.25) is 0 Å². The van der Waals surface area contributed by atoms with Crippen LogP contribution in [0.1, 0.15) is 69.8 Å². The van der Waals surface area contributed by atoms with E-state index in [9.17, 15) is 23.3 Å². The van der Waals surface area contributed by atoms with E-state index < -0.39 is 15.5 Å². The molecule has 0 amide bonds. The van der Waals surface area contributed by atoms with Crippen LogP contribution >= 0.6 is 0 Å². The molecule has 1 unspecified atom stereocenters. The molecule has 1 saturated carbocycles. The molecular weight excluding hydrogens is 480 g/mol. The van der Waals surface area contributed by atoms with E-state index in [1.54, 1.807) is 6.07 Å². The summed E-state index contributed by atoms with van der Waals surface area (Å²) in [6, 6.07) is 12.9. The maximum atomic E-state index is 13.1. The number of benzene rings is 2. The van der Waals surface area contributed by atoms with Gasteiger partial charge in [-0.05, 0) is 47.9 Å². The zero-order valence-electron chi connectivity index (χ0n) is 21.1. The average molecular weight is 511 g/mol. The number of rotatable bonds is 10. The van der Waals surface area contributed by atoms with E-state index in [1.807, 2.05) is 0 Å². The van der Waals surface area contributed by atoms with Gasteiger partial charge in [-0.2, -0.15) is 13.7 Å². The highest BCUT2D eigenvalue weighted by atomic mass is 32.2. The molecule has 0 spiro atoms. The first kappa shape index (κ1) is 27.1. The number of carbonyl (C=O) groups is 2. The van der Waals surface area contributed by atoms with E-state index in [1.165, 1.54) is 48.5 Å². The van der Waals surface area contributed by atoms with Gasteiger partial charge in [-0.3, -0.25) is 13.9 Å². The Bertz CT molecular complexity index is 1320. The fourth-order valence-corrected chi connectivity index (χ4v) is 4.97. The molecule has 190 valence electrons. The van der Waals surface area contributed by atoms with Crippen LogP contribution in [0, 0.1) is 27.6 Å². The Morgan fingerprint density at radius 3 is 2.19 bits per heavy atom. The van der Waals surface area contributed by atoms with Crippen LogP contribution in [0.3, 0.4) is 0 Å². The lowest BCUT2D eigenvalue weighted by atomic mass is 9.76. The van der Waals surface area contributed by atoms with E-state index in [-0.39, 0.29) is 33.2 Å². The van der Waals surface area contributed by atoms with Crippen molar-refractivity contribution in [3.8, 4) is 11.8 Å². The van der Waals surface area contributed by atoms with Gasteiger partial charge in [-0.25, -0.2) is 0 Å². The molecule has 0 N–H and O–H groups in total. The summed E-state index contributed by atoms with van der Waals surface area (Å²) in [5, 5.41) is 12.8. The van der Waals surface area contributed by atoms with Gasteiger partial charge in [0.25, 0.3) is 0 Å². The Labute approximate surface area is 212 Å². The van der Waals surface area contributed by atoms with Crippen molar-refractivity contribution in [3.63, 3.8) is 0 Å². The number of aldehydes is 1. The number of hydrogen-bond acceptors (Lipinski definition) is 8. The van der Waals surface area contributed by atoms with Gasteiger partial charge in [0.05, 0.1) is 5.41 Å². The van der Waals surface area contributed by atoms with Crippen molar-refractivity contribution in [2.24, 2.45) is 21.4 Å². The number of nitrogens with zero attached hydrogens (tertiary/aromatic N) is 2. The van der Waals surface area contributed by atoms with Gasteiger partial charge < -0.3 is 4.74 Å². The molecule has 0 aromatic heterocycles. The topological polar surface area (TPSA) is 123 Å². The maximum absolute atomic E-state index is 13.1. The summed E-state index contributed by atoms with van der Waals surface area (Å²) in [4.78, 5) is 23.7. The molecule has 0 heterocycles. The molecule has 1 atom stereocenters. The molecule has 9 heteroatoms. The van der Waals surface area contributed by atoms with E-state index in [2.05, 4.69) is 39.8 Å². The molecular formula is C27H30N2O6S. The summed E-state index contributed by atoms with van der Waals surface area (Å²) in [7, 11) is -4.33. The van der Waals surface area contributed by atoms with Crippen LogP contribution in [0.5, 0.6) is 5.75 Å². The minimum atomic E-state index is -4.33. The van der Waals surface area contributed by atoms with Gasteiger partial charge in [-0.15, -0.1) is 0 Å². The molecule has 0 radical (unpaired) electrons. The van der Waals surface area contributed by atoms with E-state index in [4.69, 9.17) is 9.02 Å². The Morgan fingerprint density at radius 1 is 1.14 bits per heavy atom. The summed E-state index contributed by atoms with van der Waals surface area (Å²) < 4.78 is 35.5. The van der Waals surface area contributed by atoms with Crippen LogP contribution in [-0.2, 0) is 19.2 Å². The van der Waals surface area contributed by atoms with Gasteiger partial charge in [0, 0.05) is 11.1 Å². The lowest BCUT2D eigenvalue weighted by Gasteiger charge is -2.29. The molecule has 0 bridgehead atoms. The average Bonchev–Trinajstić information content (AvgIpc) is 3.40. The largest absolute Gasteiger partial charge is 0.426 e. The summed E-state index contributed by atoms with van der Waals surface area (Å²) in [6.45, 7) is 10.5. The number of esters is 1. The second-order valence-electron chi connectivity index (χ2n) is 10.5. The lowest BCUT2D eigenvalue weighted by molar-refractivity contribution is -0.143. The quantitative estimate of drug-likeness (QED) is 0.140. The number of ether oxygens (including phenoxy) is 1. The summed E-state index contributed by atoms with van der Waals surface area (Å²) >= 11 is 0. The SMILES string of the molecule is CCC(C)(C)CC1(C(=O)Oc2ccc(S(=O)(=O)ON=C(C#N)c3ccc(C=O)cc3)cc2)CC1(C)C. The molecule has 2 aromatic carbocycles. The van der Waals surface area contributed by atoms with Crippen molar-refractivity contribution in [3.05, 3.63) is 59.7 Å². The van der Waals surface area contributed by atoms with Crippen molar-refractivity contribution >= 4 is 28.1 Å². The number of hydrogen-bond donors (Lipinski definition) is 0. The first-order chi connectivity index (χ1) is 16.8. The van der Waals surface area contributed by atoms with Gasteiger partial charge >= 0.3 is 16.1 Å². The third-order valence-corrected chi connectivity index (χ3v) is 8.14. The monoisotopic (exact) mass is 510 g/mol. The minimum absolute atomic E-state index is 0.0125. The summed E-state index contributed by atoms with van der Waals surface area (Å²) in [5.74, 6) is -0.0865. The molecule has 8 nitrogen and oxygen atoms in total. The van der Waals surface area contributed by atoms with Gasteiger partial charge in [0.15, 0.2) is 5.71 Å². The van der Waals surface area contributed by atoms with Crippen molar-refractivity contribution in [1.29, 1.82) is 5.26 Å². The molecule has 0 aliphatic heterocycles. The molecule has 36 heavy (non-hydrogen) atoms.